The third kappa shape index (κ3) is 4.18. The predicted octanol–water partition coefficient (Wildman–Crippen LogP) is 6.36. The van der Waals surface area contributed by atoms with Crippen LogP contribution in [0.4, 0.5) is 11.4 Å². The van der Waals surface area contributed by atoms with Crippen LogP contribution in [0.15, 0.2) is 88.3 Å². The van der Waals surface area contributed by atoms with Gasteiger partial charge in [0.25, 0.3) is 11.8 Å². The Bertz CT molecular complexity index is 1210. The van der Waals surface area contributed by atoms with Gasteiger partial charge in [-0.15, -0.1) is 0 Å². The Morgan fingerprint density at radius 2 is 1.59 bits per heavy atom. The fourth-order valence-electron chi connectivity index (χ4n) is 3.80. The molecule has 162 valence electrons. The van der Waals surface area contributed by atoms with Crippen LogP contribution in [0.1, 0.15) is 18.1 Å². The number of aryl methyl sites for hydroxylation is 2. The minimum atomic E-state index is -0.316. The second kappa shape index (κ2) is 9.23. The summed E-state index contributed by atoms with van der Waals surface area (Å²) >= 11 is 7.33. The molecule has 0 saturated heterocycles. The maximum absolute atomic E-state index is 13.8. The molecule has 0 aromatic heterocycles. The number of halogens is 1. The second-order valence-electron chi connectivity index (χ2n) is 7.55. The SMILES string of the molecule is CCN(C1=C(Sc2ccc(Cl)cc2)C(=O)N(c2ccc(C)cc2C)C1=O)c1ccccc1. The number of imide groups is 1. The largest absolute Gasteiger partial charge is 0.336 e. The average Bonchev–Trinajstić information content (AvgIpc) is 3.01. The number of likely N-dealkylation sites (N-methyl/N-ethyl adjacent to an activating group) is 1. The van der Waals surface area contributed by atoms with E-state index in [2.05, 4.69) is 0 Å². The van der Waals surface area contributed by atoms with Crippen LogP contribution < -0.4 is 9.80 Å². The standard InChI is InChI=1S/C26H23ClN2O2S/c1-4-28(20-8-6-5-7-9-20)23-24(32-21-13-11-19(27)12-14-21)26(31)29(25(23)30)22-15-10-17(2)16-18(22)3/h5-16H,4H2,1-3H3. The molecule has 6 heteroatoms. The number of thioether (sulfide) groups is 1. The Balaban J connectivity index is 1.84. The van der Waals surface area contributed by atoms with E-state index in [-0.39, 0.29) is 11.8 Å². The lowest BCUT2D eigenvalue weighted by Gasteiger charge is -2.25. The van der Waals surface area contributed by atoms with Crippen LogP contribution in [0.5, 0.6) is 0 Å². The molecule has 32 heavy (non-hydrogen) atoms. The number of carbonyl (C=O) groups excluding carboxylic acids is 2. The third-order valence-corrected chi connectivity index (χ3v) is 6.63. The summed E-state index contributed by atoms with van der Waals surface area (Å²) < 4.78 is 0. The molecule has 1 heterocycles. The lowest BCUT2D eigenvalue weighted by atomic mass is 10.1. The Hall–Kier alpha value is -3.02. The number of nitrogens with zero attached hydrogens (tertiary/aromatic N) is 2. The summed E-state index contributed by atoms with van der Waals surface area (Å²) in [5.74, 6) is -0.629. The van der Waals surface area contributed by atoms with Gasteiger partial charge in [0.1, 0.15) is 10.6 Å². The van der Waals surface area contributed by atoms with Crippen LogP contribution in [0.2, 0.25) is 5.02 Å². The van der Waals surface area contributed by atoms with Gasteiger partial charge in [0.2, 0.25) is 0 Å². The van der Waals surface area contributed by atoms with Crippen molar-refractivity contribution in [2.24, 2.45) is 0 Å². The van der Waals surface area contributed by atoms with Crippen molar-refractivity contribution in [3.8, 4) is 0 Å². The molecule has 0 atom stereocenters. The molecule has 0 fully saturated rings. The topological polar surface area (TPSA) is 40.6 Å². The first-order valence-corrected chi connectivity index (χ1v) is 11.6. The molecule has 0 spiro atoms. The zero-order valence-corrected chi connectivity index (χ0v) is 19.7. The Morgan fingerprint density at radius 1 is 0.906 bits per heavy atom. The van der Waals surface area contributed by atoms with Crippen LogP contribution in [0.3, 0.4) is 0 Å². The zero-order chi connectivity index (χ0) is 22.8. The molecule has 4 nitrogen and oxygen atoms in total. The van der Waals surface area contributed by atoms with Gasteiger partial charge in [0.15, 0.2) is 0 Å². The van der Waals surface area contributed by atoms with Crippen LogP contribution >= 0.6 is 23.4 Å². The van der Waals surface area contributed by atoms with Gasteiger partial charge in [-0.25, -0.2) is 4.90 Å². The number of hydrogen-bond donors (Lipinski definition) is 0. The molecule has 0 N–H and O–H groups in total. The summed E-state index contributed by atoms with van der Waals surface area (Å²) in [6, 6.07) is 22.7. The first-order chi connectivity index (χ1) is 15.4. The molecule has 4 rings (SSSR count). The summed E-state index contributed by atoms with van der Waals surface area (Å²) in [7, 11) is 0. The van der Waals surface area contributed by atoms with Crippen molar-refractivity contribution in [3.05, 3.63) is 99.5 Å². The first-order valence-electron chi connectivity index (χ1n) is 10.4. The zero-order valence-electron chi connectivity index (χ0n) is 18.1. The van der Waals surface area contributed by atoms with E-state index >= 15 is 0 Å². The average molecular weight is 463 g/mol. The van der Waals surface area contributed by atoms with E-state index in [1.807, 2.05) is 86.3 Å². The molecule has 0 bridgehead atoms. The third-order valence-electron chi connectivity index (χ3n) is 5.30. The fourth-order valence-corrected chi connectivity index (χ4v) is 4.91. The van der Waals surface area contributed by atoms with Gasteiger partial charge in [0, 0.05) is 22.2 Å². The summed E-state index contributed by atoms with van der Waals surface area (Å²) in [6.45, 7) is 6.43. The van der Waals surface area contributed by atoms with Gasteiger partial charge in [-0.05, 0) is 68.8 Å². The molecular formula is C26H23ClN2O2S. The molecule has 1 aliphatic rings. The van der Waals surface area contributed by atoms with Crippen molar-refractivity contribution in [1.82, 2.24) is 0 Å². The number of anilines is 2. The Morgan fingerprint density at radius 3 is 2.22 bits per heavy atom. The second-order valence-corrected chi connectivity index (χ2v) is 9.07. The number of benzene rings is 3. The number of carbonyl (C=O) groups is 2. The molecule has 0 saturated carbocycles. The van der Waals surface area contributed by atoms with Crippen molar-refractivity contribution >= 4 is 46.6 Å². The normalized spacial score (nSPS) is 13.8. The van der Waals surface area contributed by atoms with E-state index in [1.54, 1.807) is 12.1 Å². The first kappa shape index (κ1) is 22.2. The van der Waals surface area contributed by atoms with Crippen molar-refractivity contribution < 1.29 is 9.59 Å². The summed E-state index contributed by atoms with van der Waals surface area (Å²) in [4.78, 5) is 31.9. The minimum absolute atomic E-state index is 0.314. The molecule has 0 radical (unpaired) electrons. The molecule has 1 aliphatic heterocycles. The summed E-state index contributed by atoms with van der Waals surface area (Å²) in [5.41, 5.74) is 3.82. The van der Waals surface area contributed by atoms with Gasteiger partial charge in [-0.2, -0.15) is 0 Å². The van der Waals surface area contributed by atoms with Gasteiger partial charge < -0.3 is 4.90 Å². The van der Waals surface area contributed by atoms with E-state index in [0.717, 1.165) is 21.7 Å². The highest BCUT2D eigenvalue weighted by Crippen LogP contribution is 2.41. The lowest BCUT2D eigenvalue weighted by molar-refractivity contribution is -0.120. The van der Waals surface area contributed by atoms with E-state index < -0.39 is 0 Å². The molecular weight excluding hydrogens is 440 g/mol. The minimum Gasteiger partial charge on any atom is -0.336 e. The highest BCUT2D eigenvalue weighted by atomic mass is 35.5. The summed E-state index contributed by atoms with van der Waals surface area (Å²) in [5, 5.41) is 0.619. The van der Waals surface area contributed by atoms with Gasteiger partial charge >= 0.3 is 0 Å². The predicted molar refractivity (Wildman–Crippen MR) is 132 cm³/mol. The van der Waals surface area contributed by atoms with Crippen LogP contribution in [-0.4, -0.2) is 18.4 Å². The summed E-state index contributed by atoms with van der Waals surface area (Å²) in [6.07, 6.45) is 0. The van der Waals surface area contributed by atoms with Crippen molar-refractivity contribution in [1.29, 1.82) is 0 Å². The molecule has 0 unspecified atom stereocenters. The number of hydrogen-bond acceptors (Lipinski definition) is 4. The van der Waals surface area contributed by atoms with E-state index in [0.29, 0.717) is 27.9 Å². The number of amides is 2. The van der Waals surface area contributed by atoms with E-state index in [4.69, 9.17) is 11.6 Å². The van der Waals surface area contributed by atoms with Crippen molar-refractivity contribution in [2.75, 3.05) is 16.3 Å². The van der Waals surface area contributed by atoms with Crippen LogP contribution in [0, 0.1) is 13.8 Å². The van der Waals surface area contributed by atoms with Gasteiger partial charge in [-0.3, -0.25) is 9.59 Å². The fraction of sp³-hybridized carbons (Fsp3) is 0.154. The van der Waals surface area contributed by atoms with Crippen LogP contribution in [0.25, 0.3) is 0 Å². The van der Waals surface area contributed by atoms with Crippen LogP contribution in [-0.2, 0) is 9.59 Å². The maximum atomic E-state index is 13.8. The van der Waals surface area contributed by atoms with Gasteiger partial charge in [0.05, 0.1) is 5.69 Å². The number of para-hydroxylation sites is 1. The molecule has 2 amide bonds. The lowest BCUT2D eigenvalue weighted by Crippen LogP contribution is -2.35. The van der Waals surface area contributed by atoms with E-state index in [9.17, 15) is 9.59 Å². The molecule has 3 aromatic rings. The van der Waals surface area contributed by atoms with E-state index in [1.165, 1.54) is 16.7 Å². The number of rotatable bonds is 6. The Kier molecular flexibility index (Phi) is 6.40. The van der Waals surface area contributed by atoms with Crippen molar-refractivity contribution in [3.63, 3.8) is 0 Å². The van der Waals surface area contributed by atoms with Gasteiger partial charge in [-0.1, -0.05) is 59.3 Å². The highest BCUT2D eigenvalue weighted by molar-refractivity contribution is 8.04. The monoisotopic (exact) mass is 462 g/mol. The smallest absolute Gasteiger partial charge is 0.283 e. The quantitative estimate of drug-likeness (QED) is 0.399. The molecule has 0 aliphatic carbocycles. The molecule has 3 aromatic carbocycles. The Labute approximate surface area is 197 Å². The maximum Gasteiger partial charge on any atom is 0.283 e. The highest BCUT2D eigenvalue weighted by Gasteiger charge is 2.43. The van der Waals surface area contributed by atoms with Crippen molar-refractivity contribution in [2.45, 2.75) is 25.7 Å².